The number of aliphatic hydroxyl groups is 1. The summed E-state index contributed by atoms with van der Waals surface area (Å²) in [5.74, 6) is 0. The minimum absolute atomic E-state index is 0.179. The van der Waals surface area contributed by atoms with E-state index in [9.17, 15) is 5.11 Å². The fourth-order valence-electron chi connectivity index (χ4n) is 4.25. The first kappa shape index (κ1) is 25.5. The van der Waals surface area contributed by atoms with Crippen molar-refractivity contribution in [3.8, 4) is 0 Å². The largest absolute Gasteiger partial charge is 0.385 e. The van der Waals surface area contributed by atoms with Gasteiger partial charge in [0.1, 0.15) is 23.9 Å². The molecular weight excluding hydrogens is 444 g/mol. The predicted molar refractivity (Wildman–Crippen MR) is 132 cm³/mol. The van der Waals surface area contributed by atoms with Gasteiger partial charge in [0, 0.05) is 7.11 Å². The van der Waals surface area contributed by atoms with E-state index in [1.165, 1.54) is 0 Å². The number of rotatable bonds is 11. The first-order valence-corrected chi connectivity index (χ1v) is 11.9. The summed E-state index contributed by atoms with van der Waals surface area (Å²) >= 11 is 0. The van der Waals surface area contributed by atoms with Gasteiger partial charge >= 0.3 is 0 Å². The zero-order valence-electron chi connectivity index (χ0n) is 20.3. The summed E-state index contributed by atoms with van der Waals surface area (Å²) in [7, 11) is 1.57. The Morgan fingerprint density at radius 2 is 1.23 bits per heavy atom. The Kier molecular flexibility index (Phi) is 9.04. The molecule has 6 nitrogen and oxygen atoms in total. The van der Waals surface area contributed by atoms with Crippen LogP contribution in [-0.2, 0) is 43.5 Å². The molecule has 6 heteroatoms. The first-order chi connectivity index (χ1) is 17.1. The average molecular weight is 479 g/mol. The first-order valence-electron chi connectivity index (χ1n) is 11.9. The van der Waals surface area contributed by atoms with Gasteiger partial charge < -0.3 is 28.8 Å². The van der Waals surface area contributed by atoms with E-state index in [4.69, 9.17) is 23.7 Å². The Hall–Kier alpha value is -2.58. The molecule has 3 aromatic rings. The summed E-state index contributed by atoms with van der Waals surface area (Å²) in [6.45, 7) is 2.96. The van der Waals surface area contributed by atoms with Crippen molar-refractivity contribution >= 4 is 0 Å². The fraction of sp³-hybridized carbons (Fsp3) is 0.379. The van der Waals surface area contributed by atoms with Crippen LogP contribution in [0.4, 0.5) is 0 Å². The zero-order chi connectivity index (χ0) is 24.5. The van der Waals surface area contributed by atoms with Gasteiger partial charge in [-0.15, -0.1) is 0 Å². The lowest BCUT2D eigenvalue weighted by atomic mass is 9.85. The molecule has 0 saturated carbocycles. The lowest BCUT2D eigenvalue weighted by Gasteiger charge is -2.49. The summed E-state index contributed by atoms with van der Waals surface area (Å²) in [6.07, 6.45) is -2.77. The fourth-order valence-corrected chi connectivity index (χ4v) is 4.25. The van der Waals surface area contributed by atoms with E-state index in [1.807, 2.05) is 91.0 Å². The molecule has 1 N–H and O–H groups in total. The van der Waals surface area contributed by atoms with Crippen LogP contribution in [0.2, 0.25) is 0 Å². The molecule has 0 unspecified atom stereocenters. The molecule has 0 amide bonds. The Morgan fingerprint density at radius 3 is 1.74 bits per heavy atom. The molecule has 5 atom stereocenters. The van der Waals surface area contributed by atoms with Gasteiger partial charge in [-0.1, -0.05) is 91.0 Å². The molecular formula is C29H34O6. The van der Waals surface area contributed by atoms with Gasteiger partial charge in [-0.3, -0.25) is 0 Å². The average Bonchev–Trinajstić information content (AvgIpc) is 2.89. The Labute approximate surface area is 207 Å². The van der Waals surface area contributed by atoms with Crippen LogP contribution in [-0.4, -0.2) is 49.0 Å². The number of methoxy groups -OCH3 is 1. The molecule has 4 rings (SSSR count). The van der Waals surface area contributed by atoms with E-state index in [1.54, 1.807) is 14.0 Å². The van der Waals surface area contributed by atoms with E-state index >= 15 is 0 Å². The second-order valence-electron chi connectivity index (χ2n) is 8.93. The predicted octanol–water partition coefficient (Wildman–Crippen LogP) is 4.50. The normalized spacial score (nSPS) is 26.5. The van der Waals surface area contributed by atoms with Crippen molar-refractivity contribution in [3.63, 3.8) is 0 Å². The topological polar surface area (TPSA) is 66.4 Å². The smallest absolute Gasteiger partial charge is 0.186 e. The van der Waals surface area contributed by atoms with E-state index in [-0.39, 0.29) is 6.61 Å². The highest BCUT2D eigenvalue weighted by Gasteiger charge is 2.54. The van der Waals surface area contributed by atoms with Gasteiger partial charge in [0.15, 0.2) is 6.29 Å². The standard InChI is InChI=1S/C29H34O6/c1-29(30)25(21-32-18-22-12-6-3-7-13-22)35-28(31-2)26(33-19-23-14-8-4-9-15-23)27(29)34-20-24-16-10-5-11-17-24/h3-17,25-28,30H,18-21H2,1-2H3/t25-,26-,27-,28+,29+/m1/s1. The van der Waals surface area contributed by atoms with Crippen molar-refractivity contribution in [2.45, 2.75) is 56.9 Å². The minimum atomic E-state index is -1.39. The third kappa shape index (κ3) is 6.76. The van der Waals surface area contributed by atoms with Gasteiger partial charge in [0.05, 0.1) is 26.4 Å². The molecule has 0 aromatic heterocycles. The van der Waals surface area contributed by atoms with Crippen LogP contribution in [0.15, 0.2) is 91.0 Å². The Bertz CT molecular complexity index is 995. The number of hydrogen-bond acceptors (Lipinski definition) is 6. The maximum Gasteiger partial charge on any atom is 0.186 e. The summed E-state index contributed by atoms with van der Waals surface area (Å²) in [6, 6.07) is 29.6. The molecule has 3 aromatic carbocycles. The Morgan fingerprint density at radius 1 is 0.743 bits per heavy atom. The van der Waals surface area contributed by atoms with Crippen LogP contribution >= 0.6 is 0 Å². The number of hydrogen-bond donors (Lipinski definition) is 1. The second-order valence-corrected chi connectivity index (χ2v) is 8.93. The SMILES string of the molecule is CO[C@H]1O[C@H](COCc2ccccc2)[C@](C)(O)[C@H](OCc2ccccc2)[C@H]1OCc1ccccc1. The molecule has 1 heterocycles. The maximum absolute atomic E-state index is 11.7. The molecule has 0 radical (unpaired) electrons. The summed E-state index contributed by atoms with van der Waals surface area (Å²) in [4.78, 5) is 0. The van der Waals surface area contributed by atoms with Gasteiger partial charge in [-0.05, 0) is 23.6 Å². The van der Waals surface area contributed by atoms with Crippen LogP contribution in [0, 0.1) is 0 Å². The molecule has 35 heavy (non-hydrogen) atoms. The second kappa shape index (κ2) is 12.4. The van der Waals surface area contributed by atoms with Crippen molar-refractivity contribution in [2.75, 3.05) is 13.7 Å². The van der Waals surface area contributed by atoms with Crippen molar-refractivity contribution < 1.29 is 28.8 Å². The van der Waals surface area contributed by atoms with Crippen molar-refractivity contribution in [1.29, 1.82) is 0 Å². The highest BCUT2D eigenvalue weighted by atomic mass is 16.7. The summed E-state index contributed by atoms with van der Waals surface area (Å²) < 4.78 is 30.3. The van der Waals surface area contributed by atoms with Crippen LogP contribution in [0.25, 0.3) is 0 Å². The third-order valence-corrected chi connectivity index (χ3v) is 6.26. The van der Waals surface area contributed by atoms with Crippen molar-refractivity contribution in [2.24, 2.45) is 0 Å². The summed E-state index contributed by atoms with van der Waals surface area (Å²) in [5.41, 5.74) is 1.67. The molecule has 0 spiro atoms. The van der Waals surface area contributed by atoms with Crippen molar-refractivity contribution in [1.82, 2.24) is 0 Å². The molecule has 1 fully saturated rings. The molecule has 1 saturated heterocycles. The van der Waals surface area contributed by atoms with Crippen molar-refractivity contribution in [3.05, 3.63) is 108 Å². The lowest BCUT2D eigenvalue weighted by molar-refractivity contribution is -0.341. The highest BCUT2D eigenvalue weighted by Crippen LogP contribution is 2.35. The quantitative estimate of drug-likeness (QED) is 0.438. The zero-order valence-corrected chi connectivity index (χ0v) is 20.3. The van der Waals surface area contributed by atoms with E-state index < -0.39 is 30.2 Å². The number of benzene rings is 3. The molecule has 186 valence electrons. The molecule has 1 aliphatic heterocycles. The van der Waals surface area contributed by atoms with Crippen LogP contribution in [0.5, 0.6) is 0 Å². The minimum Gasteiger partial charge on any atom is -0.385 e. The monoisotopic (exact) mass is 478 g/mol. The van der Waals surface area contributed by atoms with E-state index in [0.717, 1.165) is 16.7 Å². The number of ether oxygens (including phenoxy) is 5. The maximum atomic E-state index is 11.7. The van der Waals surface area contributed by atoms with Gasteiger partial charge in [0.2, 0.25) is 0 Å². The molecule has 0 aliphatic carbocycles. The van der Waals surface area contributed by atoms with E-state index in [2.05, 4.69) is 0 Å². The van der Waals surface area contributed by atoms with Gasteiger partial charge in [-0.2, -0.15) is 0 Å². The van der Waals surface area contributed by atoms with E-state index in [0.29, 0.717) is 19.8 Å². The molecule has 0 bridgehead atoms. The summed E-state index contributed by atoms with van der Waals surface area (Å²) in [5, 5.41) is 11.7. The van der Waals surface area contributed by atoms with Crippen LogP contribution < -0.4 is 0 Å². The van der Waals surface area contributed by atoms with Crippen LogP contribution in [0.1, 0.15) is 23.6 Å². The van der Waals surface area contributed by atoms with Gasteiger partial charge in [-0.25, -0.2) is 0 Å². The van der Waals surface area contributed by atoms with Crippen LogP contribution in [0.3, 0.4) is 0 Å². The molecule has 1 aliphatic rings. The van der Waals surface area contributed by atoms with Gasteiger partial charge in [0.25, 0.3) is 0 Å². The highest BCUT2D eigenvalue weighted by molar-refractivity contribution is 5.15. The third-order valence-electron chi connectivity index (χ3n) is 6.26. The lowest BCUT2D eigenvalue weighted by Crippen LogP contribution is -2.67. The Balaban J connectivity index is 1.50.